The Morgan fingerprint density at radius 3 is 2.92 bits per heavy atom. The lowest BCUT2D eigenvalue weighted by Gasteiger charge is -2.00. The van der Waals surface area contributed by atoms with Gasteiger partial charge in [-0.3, -0.25) is 4.79 Å². The fourth-order valence-corrected chi connectivity index (χ4v) is 0.795. The molecule has 1 heterocycles. The minimum Gasteiger partial charge on any atom is -0.361 e. The van der Waals surface area contributed by atoms with Gasteiger partial charge in [-0.15, -0.1) is 0 Å². The van der Waals surface area contributed by atoms with Crippen LogP contribution >= 0.6 is 0 Å². The van der Waals surface area contributed by atoms with Gasteiger partial charge < -0.3 is 9.84 Å². The number of hydrogen-bond acceptors (Lipinski definition) is 3. The molecule has 0 aliphatic heterocycles. The summed E-state index contributed by atoms with van der Waals surface area (Å²) in [4.78, 5) is 11.3. The quantitative estimate of drug-likeness (QED) is 0.713. The summed E-state index contributed by atoms with van der Waals surface area (Å²) in [6, 6.07) is 1.59. The van der Waals surface area contributed by atoms with Gasteiger partial charge >= 0.3 is 0 Å². The lowest BCUT2D eigenvalue weighted by atomic mass is 10.3. The largest absolute Gasteiger partial charge is 0.361 e. The maximum Gasteiger partial charge on any atom is 0.273 e. The predicted molar refractivity (Wildman–Crippen MR) is 48.4 cm³/mol. The summed E-state index contributed by atoms with van der Waals surface area (Å²) < 4.78 is 4.76. The summed E-state index contributed by atoms with van der Waals surface area (Å²) in [6.45, 7) is 7.71. The molecular formula is C9H12N2O2. The Morgan fingerprint density at radius 2 is 2.46 bits per heavy atom. The van der Waals surface area contributed by atoms with Crippen molar-refractivity contribution in [3.8, 4) is 0 Å². The first-order valence-corrected chi connectivity index (χ1v) is 3.95. The minimum atomic E-state index is -0.236. The van der Waals surface area contributed by atoms with Gasteiger partial charge in [0.1, 0.15) is 5.76 Å². The van der Waals surface area contributed by atoms with Gasteiger partial charge in [-0.25, -0.2) is 0 Å². The summed E-state index contributed by atoms with van der Waals surface area (Å²) in [5.41, 5.74) is 1.20. The molecule has 0 radical (unpaired) electrons. The average molecular weight is 180 g/mol. The Morgan fingerprint density at radius 1 is 1.77 bits per heavy atom. The first-order valence-electron chi connectivity index (χ1n) is 3.95. The molecule has 1 aromatic heterocycles. The number of rotatable bonds is 3. The van der Waals surface area contributed by atoms with Gasteiger partial charge in [-0.1, -0.05) is 17.3 Å². The second kappa shape index (κ2) is 3.89. The molecule has 1 amide bonds. The number of aryl methyl sites for hydroxylation is 1. The highest BCUT2D eigenvalue weighted by atomic mass is 16.5. The fraction of sp³-hybridized carbons (Fsp3) is 0.333. The minimum absolute atomic E-state index is 0.236. The standard InChI is InChI=1S/C9H12N2O2/c1-6(2)5-10-9(12)8-4-7(3)13-11-8/h4H,1,5H2,2-3H3,(H,10,12). The van der Waals surface area contributed by atoms with Crippen LogP contribution in [0.4, 0.5) is 0 Å². The van der Waals surface area contributed by atoms with E-state index in [1.165, 1.54) is 0 Å². The smallest absolute Gasteiger partial charge is 0.273 e. The van der Waals surface area contributed by atoms with Gasteiger partial charge in [0.15, 0.2) is 5.69 Å². The van der Waals surface area contributed by atoms with Crippen LogP contribution in [0.25, 0.3) is 0 Å². The normalized spacial score (nSPS) is 9.69. The van der Waals surface area contributed by atoms with Crippen molar-refractivity contribution < 1.29 is 9.32 Å². The van der Waals surface area contributed by atoms with Crippen LogP contribution in [0.3, 0.4) is 0 Å². The van der Waals surface area contributed by atoms with Crippen molar-refractivity contribution in [3.63, 3.8) is 0 Å². The maximum atomic E-state index is 11.3. The van der Waals surface area contributed by atoms with Crippen LogP contribution in [-0.2, 0) is 0 Å². The van der Waals surface area contributed by atoms with E-state index in [1.807, 2.05) is 6.92 Å². The lowest BCUT2D eigenvalue weighted by Crippen LogP contribution is -2.25. The molecule has 1 rings (SSSR count). The third kappa shape index (κ3) is 2.74. The summed E-state index contributed by atoms with van der Waals surface area (Å²) in [6.07, 6.45) is 0. The van der Waals surface area contributed by atoms with Crippen molar-refractivity contribution in [2.45, 2.75) is 13.8 Å². The molecule has 0 saturated carbocycles. The zero-order chi connectivity index (χ0) is 9.84. The van der Waals surface area contributed by atoms with E-state index in [-0.39, 0.29) is 5.91 Å². The van der Waals surface area contributed by atoms with Crippen molar-refractivity contribution in [2.75, 3.05) is 6.54 Å². The highest BCUT2D eigenvalue weighted by molar-refractivity contribution is 5.92. The molecule has 1 N–H and O–H groups in total. The molecule has 13 heavy (non-hydrogen) atoms. The topological polar surface area (TPSA) is 55.1 Å². The Balaban J connectivity index is 2.54. The molecule has 0 aliphatic rings. The third-order valence-electron chi connectivity index (χ3n) is 1.41. The Hall–Kier alpha value is -1.58. The monoisotopic (exact) mass is 180 g/mol. The molecule has 0 bridgehead atoms. The van der Waals surface area contributed by atoms with E-state index in [2.05, 4.69) is 17.1 Å². The van der Waals surface area contributed by atoms with Crippen LogP contribution in [0.5, 0.6) is 0 Å². The van der Waals surface area contributed by atoms with E-state index < -0.39 is 0 Å². The number of amides is 1. The van der Waals surface area contributed by atoms with Crippen LogP contribution in [-0.4, -0.2) is 17.6 Å². The second-order valence-corrected chi connectivity index (χ2v) is 2.96. The maximum absolute atomic E-state index is 11.3. The number of nitrogens with zero attached hydrogens (tertiary/aromatic N) is 1. The van der Waals surface area contributed by atoms with E-state index >= 15 is 0 Å². The number of hydrogen-bond donors (Lipinski definition) is 1. The first kappa shape index (κ1) is 9.51. The number of nitrogens with one attached hydrogen (secondary N) is 1. The molecule has 0 atom stereocenters. The molecule has 0 unspecified atom stereocenters. The first-order chi connectivity index (χ1) is 6.09. The zero-order valence-corrected chi connectivity index (χ0v) is 7.76. The highest BCUT2D eigenvalue weighted by Gasteiger charge is 2.09. The van der Waals surface area contributed by atoms with Gasteiger partial charge in [0.05, 0.1) is 0 Å². The van der Waals surface area contributed by atoms with Crippen molar-refractivity contribution >= 4 is 5.91 Å². The van der Waals surface area contributed by atoms with Gasteiger partial charge in [-0.2, -0.15) is 0 Å². The SMILES string of the molecule is C=C(C)CNC(=O)c1cc(C)on1. The molecule has 0 aromatic carbocycles. The molecule has 1 aromatic rings. The van der Waals surface area contributed by atoms with Crippen molar-refractivity contribution in [2.24, 2.45) is 0 Å². The number of carbonyl (C=O) groups excluding carboxylic acids is 1. The van der Waals surface area contributed by atoms with E-state index in [1.54, 1.807) is 13.0 Å². The van der Waals surface area contributed by atoms with Gasteiger partial charge in [0.2, 0.25) is 0 Å². The fourth-order valence-electron chi connectivity index (χ4n) is 0.795. The van der Waals surface area contributed by atoms with Crippen LogP contribution in [0.1, 0.15) is 23.2 Å². The molecule has 70 valence electrons. The van der Waals surface area contributed by atoms with E-state index in [9.17, 15) is 4.79 Å². The number of aromatic nitrogens is 1. The molecule has 0 fully saturated rings. The summed E-state index contributed by atoms with van der Waals surface area (Å²) in [5, 5.41) is 6.23. The summed E-state index contributed by atoms with van der Waals surface area (Å²) in [5.74, 6) is 0.389. The average Bonchev–Trinajstić information content (AvgIpc) is 2.47. The third-order valence-corrected chi connectivity index (χ3v) is 1.41. The molecule has 0 spiro atoms. The van der Waals surface area contributed by atoms with Gasteiger partial charge in [-0.05, 0) is 13.8 Å². The molecule has 0 saturated heterocycles. The van der Waals surface area contributed by atoms with E-state index in [0.29, 0.717) is 18.0 Å². The molecule has 0 aliphatic carbocycles. The van der Waals surface area contributed by atoms with Gasteiger partial charge in [0.25, 0.3) is 5.91 Å². The molecule has 4 nitrogen and oxygen atoms in total. The molecule has 4 heteroatoms. The Kier molecular flexibility index (Phi) is 2.84. The van der Waals surface area contributed by atoms with Crippen molar-refractivity contribution in [3.05, 3.63) is 29.7 Å². The Bertz CT molecular complexity index is 328. The van der Waals surface area contributed by atoms with Crippen molar-refractivity contribution in [1.29, 1.82) is 0 Å². The van der Waals surface area contributed by atoms with Crippen LogP contribution in [0.2, 0.25) is 0 Å². The van der Waals surface area contributed by atoms with Gasteiger partial charge in [0, 0.05) is 12.6 Å². The van der Waals surface area contributed by atoms with E-state index in [0.717, 1.165) is 5.57 Å². The summed E-state index contributed by atoms with van der Waals surface area (Å²) in [7, 11) is 0. The predicted octanol–water partition coefficient (Wildman–Crippen LogP) is 1.29. The number of carbonyl (C=O) groups is 1. The molecular weight excluding hydrogens is 168 g/mol. The van der Waals surface area contributed by atoms with E-state index in [4.69, 9.17) is 4.52 Å². The van der Waals surface area contributed by atoms with Crippen LogP contribution < -0.4 is 5.32 Å². The Labute approximate surface area is 76.6 Å². The zero-order valence-electron chi connectivity index (χ0n) is 7.76. The highest BCUT2D eigenvalue weighted by Crippen LogP contribution is 2.00. The summed E-state index contributed by atoms with van der Waals surface area (Å²) >= 11 is 0. The van der Waals surface area contributed by atoms with Crippen molar-refractivity contribution in [1.82, 2.24) is 10.5 Å². The second-order valence-electron chi connectivity index (χ2n) is 2.96. The van der Waals surface area contributed by atoms with Crippen LogP contribution in [0.15, 0.2) is 22.7 Å². The van der Waals surface area contributed by atoms with Crippen LogP contribution in [0, 0.1) is 6.92 Å². The lowest BCUT2D eigenvalue weighted by molar-refractivity contribution is 0.0948.